The van der Waals surface area contributed by atoms with E-state index < -0.39 is 5.91 Å². The first-order valence-electron chi connectivity index (χ1n) is 9.41. The molecule has 152 valence electrons. The van der Waals surface area contributed by atoms with Crippen molar-refractivity contribution in [3.63, 3.8) is 0 Å². The number of carbonyl (C=O) groups excluding carboxylic acids is 1. The largest absolute Gasteiger partial charge is 0.495 e. The van der Waals surface area contributed by atoms with E-state index in [0.717, 1.165) is 18.4 Å². The number of nitrogens with one attached hydrogen (secondary N) is 1. The van der Waals surface area contributed by atoms with Crippen LogP contribution in [0.2, 0.25) is 0 Å². The minimum Gasteiger partial charge on any atom is -0.495 e. The number of hydrogen-bond donors (Lipinski definition) is 1. The molecule has 2 rings (SSSR count). The maximum atomic E-state index is 12.6. The van der Waals surface area contributed by atoms with Crippen molar-refractivity contribution in [1.29, 1.82) is 5.26 Å². The Morgan fingerprint density at radius 3 is 2.48 bits per heavy atom. The van der Waals surface area contributed by atoms with Crippen molar-refractivity contribution in [2.75, 3.05) is 26.1 Å². The monoisotopic (exact) mass is 394 g/mol. The van der Waals surface area contributed by atoms with Crippen molar-refractivity contribution in [3.05, 3.63) is 53.1 Å². The van der Waals surface area contributed by atoms with Gasteiger partial charge in [0.15, 0.2) is 11.5 Å². The number of unbranched alkanes of at least 4 members (excludes halogenated alkanes) is 1. The average molecular weight is 394 g/mol. The molecule has 0 aromatic heterocycles. The first-order chi connectivity index (χ1) is 14.0. The van der Waals surface area contributed by atoms with Gasteiger partial charge in [-0.15, -0.1) is 0 Å². The lowest BCUT2D eigenvalue weighted by molar-refractivity contribution is -0.112. The highest BCUT2D eigenvalue weighted by Gasteiger charge is 2.13. The van der Waals surface area contributed by atoms with Crippen molar-refractivity contribution < 1.29 is 19.0 Å². The van der Waals surface area contributed by atoms with E-state index >= 15 is 0 Å². The number of nitrogens with zero attached hydrogens (tertiary/aromatic N) is 1. The van der Waals surface area contributed by atoms with Crippen molar-refractivity contribution in [2.24, 2.45) is 0 Å². The first-order valence-corrected chi connectivity index (χ1v) is 9.41. The normalized spacial score (nSPS) is 10.8. The second-order valence-corrected chi connectivity index (χ2v) is 6.44. The number of carbonyl (C=O) groups is 1. The Morgan fingerprint density at radius 2 is 1.83 bits per heavy atom. The van der Waals surface area contributed by atoms with Gasteiger partial charge in [0.2, 0.25) is 0 Å². The van der Waals surface area contributed by atoms with Crippen LogP contribution in [0.25, 0.3) is 6.08 Å². The molecule has 6 nitrogen and oxygen atoms in total. The smallest absolute Gasteiger partial charge is 0.266 e. The molecule has 1 amide bonds. The van der Waals surface area contributed by atoms with E-state index in [1.54, 1.807) is 37.4 Å². The SMILES string of the molecule is CCCCOc1ccc(/C=C(\C#N)C(=O)Nc2cc(C)ccc2OC)cc1OC. The number of nitriles is 1. The third-order valence-electron chi connectivity index (χ3n) is 4.22. The number of benzene rings is 2. The lowest BCUT2D eigenvalue weighted by Gasteiger charge is -2.12. The van der Waals surface area contributed by atoms with E-state index in [4.69, 9.17) is 14.2 Å². The Bertz CT molecular complexity index is 929. The summed E-state index contributed by atoms with van der Waals surface area (Å²) in [5, 5.41) is 12.2. The molecule has 0 spiro atoms. The Balaban J connectivity index is 2.23. The summed E-state index contributed by atoms with van der Waals surface area (Å²) in [7, 11) is 3.08. The van der Waals surface area contributed by atoms with Crippen LogP contribution < -0.4 is 19.5 Å². The van der Waals surface area contributed by atoms with Gasteiger partial charge >= 0.3 is 0 Å². The Morgan fingerprint density at radius 1 is 1.10 bits per heavy atom. The van der Waals surface area contributed by atoms with Gasteiger partial charge in [-0.1, -0.05) is 25.5 Å². The van der Waals surface area contributed by atoms with Crippen LogP contribution in [0.4, 0.5) is 5.69 Å². The second kappa shape index (κ2) is 10.8. The fourth-order valence-corrected chi connectivity index (χ4v) is 2.64. The molecule has 0 saturated carbocycles. The van der Waals surface area contributed by atoms with Crippen molar-refractivity contribution in [1.82, 2.24) is 0 Å². The van der Waals surface area contributed by atoms with Crippen LogP contribution in [-0.4, -0.2) is 26.7 Å². The second-order valence-electron chi connectivity index (χ2n) is 6.44. The number of rotatable bonds is 9. The summed E-state index contributed by atoms with van der Waals surface area (Å²) in [4.78, 5) is 12.6. The highest BCUT2D eigenvalue weighted by atomic mass is 16.5. The van der Waals surface area contributed by atoms with Gasteiger partial charge in [0, 0.05) is 0 Å². The van der Waals surface area contributed by atoms with E-state index in [1.807, 2.05) is 19.1 Å². The molecule has 0 heterocycles. The van der Waals surface area contributed by atoms with Crippen LogP contribution in [-0.2, 0) is 4.79 Å². The minimum absolute atomic E-state index is 0.0322. The third-order valence-corrected chi connectivity index (χ3v) is 4.22. The molecule has 0 aliphatic rings. The highest BCUT2D eigenvalue weighted by molar-refractivity contribution is 6.10. The van der Waals surface area contributed by atoms with Crippen LogP contribution in [0, 0.1) is 18.3 Å². The molecule has 0 atom stereocenters. The lowest BCUT2D eigenvalue weighted by atomic mass is 10.1. The predicted octanol–water partition coefficient (Wildman–Crippen LogP) is 4.74. The van der Waals surface area contributed by atoms with Gasteiger partial charge in [0.05, 0.1) is 26.5 Å². The van der Waals surface area contributed by atoms with Crippen LogP contribution in [0.15, 0.2) is 42.0 Å². The lowest BCUT2D eigenvalue weighted by Crippen LogP contribution is -2.14. The van der Waals surface area contributed by atoms with Crippen molar-refractivity contribution in [3.8, 4) is 23.3 Å². The van der Waals surface area contributed by atoms with Crippen LogP contribution in [0.1, 0.15) is 30.9 Å². The molecule has 0 bridgehead atoms. The first kappa shape index (κ1) is 21.8. The van der Waals surface area contributed by atoms with E-state index in [2.05, 4.69) is 12.2 Å². The van der Waals surface area contributed by atoms with Crippen LogP contribution in [0.5, 0.6) is 17.2 Å². The number of amides is 1. The van der Waals surface area contributed by atoms with Gasteiger partial charge in [-0.3, -0.25) is 4.79 Å². The van der Waals surface area contributed by atoms with E-state index in [1.165, 1.54) is 13.2 Å². The van der Waals surface area contributed by atoms with Gasteiger partial charge in [0.25, 0.3) is 5.91 Å². The molecule has 0 aliphatic heterocycles. The molecule has 1 N–H and O–H groups in total. The fourth-order valence-electron chi connectivity index (χ4n) is 2.64. The average Bonchev–Trinajstić information content (AvgIpc) is 2.72. The van der Waals surface area contributed by atoms with Crippen LogP contribution >= 0.6 is 0 Å². The fraction of sp³-hybridized carbons (Fsp3) is 0.304. The quantitative estimate of drug-likeness (QED) is 0.378. The zero-order valence-electron chi connectivity index (χ0n) is 17.2. The topological polar surface area (TPSA) is 80.6 Å². The molecule has 0 radical (unpaired) electrons. The maximum absolute atomic E-state index is 12.6. The molecular weight excluding hydrogens is 368 g/mol. The maximum Gasteiger partial charge on any atom is 0.266 e. The molecule has 0 aliphatic carbocycles. The summed E-state index contributed by atoms with van der Waals surface area (Å²) in [5.41, 5.74) is 2.10. The number of anilines is 1. The zero-order chi connectivity index (χ0) is 21.2. The summed E-state index contributed by atoms with van der Waals surface area (Å²) >= 11 is 0. The highest BCUT2D eigenvalue weighted by Crippen LogP contribution is 2.30. The Labute approximate surface area is 171 Å². The molecule has 0 unspecified atom stereocenters. The summed E-state index contributed by atoms with van der Waals surface area (Å²) in [6, 6.07) is 12.7. The molecule has 0 fully saturated rings. The van der Waals surface area contributed by atoms with Gasteiger partial charge in [-0.05, 0) is 54.8 Å². The molecule has 2 aromatic carbocycles. The van der Waals surface area contributed by atoms with Crippen molar-refractivity contribution >= 4 is 17.7 Å². The van der Waals surface area contributed by atoms with Gasteiger partial charge in [0.1, 0.15) is 17.4 Å². The van der Waals surface area contributed by atoms with Crippen molar-refractivity contribution in [2.45, 2.75) is 26.7 Å². The standard InChI is InChI=1S/C23H26N2O4/c1-5-6-11-29-21-10-8-17(14-22(21)28-4)13-18(15-24)23(26)25-19-12-16(2)7-9-20(19)27-3/h7-10,12-14H,5-6,11H2,1-4H3,(H,25,26)/b18-13+. The molecular formula is C23H26N2O4. The van der Waals surface area contributed by atoms with Crippen LogP contribution in [0.3, 0.4) is 0 Å². The number of hydrogen-bond acceptors (Lipinski definition) is 5. The van der Waals surface area contributed by atoms with Gasteiger partial charge < -0.3 is 19.5 Å². The van der Waals surface area contributed by atoms with E-state index in [0.29, 0.717) is 35.1 Å². The summed E-state index contributed by atoms with van der Waals surface area (Å²) in [5.74, 6) is 1.19. The summed E-state index contributed by atoms with van der Waals surface area (Å²) < 4.78 is 16.4. The predicted molar refractivity (Wildman–Crippen MR) is 113 cm³/mol. The summed E-state index contributed by atoms with van der Waals surface area (Å²) in [6.45, 7) is 4.61. The number of aryl methyl sites for hydroxylation is 1. The minimum atomic E-state index is -0.515. The Kier molecular flexibility index (Phi) is 8.11. The van der Waals surface area contributed by atoms with Gasteiger partial charge in [-0.25, -0.2) is 0 Å². The number of methoxy groups -OCH3 is 2. The molecule has 6 heteroatoms. The molecule has 29 heavy (non-hydrogen) atoms. The van der Waals surface area contributed by atoms with E-state index in [9.17, 15) is 10.1 Å². The van der Waals surface area contributed by atoms with Gasteiger partial charge in [-0.2, -0.15) is 5.26 Å². The van der Waals surface area contributed by atoms with E-state index in [-0.39, 0.29) is 5.57 Å². The zero-order valence-corrected chi connectivity index (χ0v) is 17.2. The Hall–Kier alpha value is -3.46. The third kappa shape index (κ3) is 6.01. The number of ether oxygens (including phenoxy) is 3. The molecule has 0 saturated heterocycles. The summed E-state index contributed by atoms with van der Waals surface area (Å²) in [6.07, 6.45) is 3.50. The molecule has 2 aromatic rings.